The lowest BCUT2D eigenvalue weighted by atomic mass is 10.3. The molecule has 0 aliphatic heterocycles. The normalized spacial score (nSPS) is 12.6. The number of hydrogen-bond acceptors (Lipinski definition) is 4. The second-order valence-electron chi connectivity index (χ2n) is 4.07. The predicted molar refractivity (Wildman–Crippen MR) is 65.2 cm³/mol. The Morgan fingerprint density at radius 1 is 1.50 bits per heavy atom. The molecule has 0 saturated carbocycles. The molecule has 1 aromatic carbocycles. The first-order valence-electron chi connectivity index (χ1n) is 5.61. The lowest BCUT2D eigenvalue weighted by Crippen LogP contribution is -2.34. The van der Waals surface area contributed by atoms with E-state index in [1.165, 1.54) is 4.57 Å². The molecule has 0 radical (unpaired) electrons. The van der Waals surface area contributed by atoms with Gasteiger partial charge < -0.3 is 14.8 Å². The number of hydrogen-bond donors (Lipinski definition) is 2. The lowest BCUT2D eigenvalue weighted by molar-refractivity contribution is -0.122. The fourth-order valence-corrected chi connectivity index (χ4v) is 1.62. The van der Waals surface area contributed by atoms with Crippen LogP contribution in [0, 0.1) is 0 Å². The molecule has 0 aliphatic carbocycles. The molecule has 6 heteroatoms. The molecular formula is C12H14N2O4. The molecule has 2 N–H and O–H groups in total. The summed E-state index contributed by atoms with van der Waals surface area (Å²) in [4.78, 5) is 23.2. The van der Waals surface area contributed by atoms with E-state index in [-0.39, 0.29) is 19.0 Å². The Hall–Kier alpha value is -2.08. The number of nitrogens with one attached hydrogen (secondary N) is 1. The Morgan fingerprint density at radius 3 is 2.94 bits per heavy atom. The average molecular weight is 250 g/mol. The van der Waals surface area contributed by atoms with Crippen LogP contribution in [0.4, 0.5) is 0 Å². The van der Waals surface area contributed by atoms with Gasteiger partial charge in [-0.2, -0.15) is 0 Å². The zero-order valence-electron chi connectivity index (χ0n) is 9.92. The number of para-hydroxylation sites is 2. The number of carbonyl (C=O) groups excluding carboxylic acids is 1. The molecule has 6 nitrogen and oxygen atoms in total. The van der Waals surface area contributed by atoms with Crippen molar-refractivity contribution in [3.8, 4) is 0 Å². The summed E-state index contributed by atoms with van der Waals surface area (Å²) in [5.41, 5.74) is 1.03. The molecule has 0 bridgehead atoms. The van der Waals surface area contributed by atoms with E-state index < -0.39 is 11.9 Å². The molecule has 0 fully saturated rings. The van der Waals surface area contributed by atoms with Crippen LogP contribution in [0.2, 0.25) is 0 Å². The number of benzene rings is 1. The lowest BCUT2D eigenvalue weighted by Gasteiger charge is -2.07. The Morgan fingerprint density at radius 2 is 2.22 bits per heavy atom. The molecule has 0 spiro atoms. The topological polar surface area (TPSA) is 84.5 Å². The fraction of sp³-hybridized carbons (Fsp3) is 0.333. The van der Waals surface area contributed by atoms with Gasteiger partial charge in [0, 0.05) is 6.54 Å². The Kier molecular flexibility index (Phi) is 3.47. The maximum Gasteiger partial charge on any atom is 0.420 e. The summed E-state index contributed by atoms with van der Waals surface area (Å²) in [7, 11) is 0. The number of nitrogens with zero attached hydrogens (tertiary/aromatic N) is 1. The third-order valence-corrected chi connectivity index (χ3v) is 2.47. The summed E-state index contributed by atoms with van der Waals surface area (Å²) in [6, 6.07) is 6.90. The van der Waals surface area contributed by atoms with E-state index in [1.807, 2.05) is 0 Å². The highest BCUT2D eigenvalue weighted by atomic mass is 16.4. The maximum absolute atomic E-state index is 11.6. The van der Waals surface area contributed by atoms with Crippen LogP contribution in [0.3, 0.4) is 0 Å². The van der Waals surface area contributed by atoms with E-state index in [4.69, 9.17) is 9.52 Å². The summed E-state index contributed by atoms with van der Waals surface area (Å²) >= 11 is 0. The van der Waals surface area contributed by atoms with Crippen LogP contribution >= 0.6 is 0 Å². The third kappa shape index (κ3) is 2.60. The van der Waals surface area contributed by atoms with E-state index in [0.29, 0.717) is 11.1 Å². The number of amides is 1. The highest BCUT2D eigenvalue weighted by Gasteiger charge is 2.12. The summed E-state index contributed by atoms with van der Waals surface area (Å²) in [6.07, 6.45) is -0.619. The first kappa shape index (κ1) is 12.4. The first-order valence-corrected chi connectivity index (χ1v) is 5.61. The molecule has 0 saturated heterocycles. The van der Waals surface area contributed by atoms with E-state index in [9.17, 15) is 9.59 Å². The van der Waals surface area contributed by atoms with Gasteiger partial charge in [0.15, 0.2) is 5.58 Å². The van der Waals surface area contributed by atoms with Crippen molar-refractivity contribution in [1.29, 1.82) is 0 Å². The fourth-order valence-electron chi connectivity index (χ4n) is 1.62. The summed E-state index contributed by atoms with van der Waals surface area (Å²) < 4.78 is 6.26. The quantitative estimate of drug-likeness (QED) is 0.805. The monoisotopic (exact) mass is 250 g/mol. The molecule has 96 valence electrons. The van der Waals surface area contributed by atoms with Crippen molar-refractivity contribution in [3.05, 3.63) is 34.8 Å². The van der Waals surface area contributed by atoms with Gasteiger partial charge in [-0.25, -0.2) is 4.79 Å². The molecule has 18 heavy (non-hydrogen) atoms. The highest BCUT2D eigenvalue weighted by Crippen LogP contribution is 2.11. The molecule has 1 heterocycles. The highest BCUT2D eigenvalue weighted by molar-refractivity contribution is 5.79. The third-order valence-electron chi connectivity index (χ3n) is 2.47. The van der Waals surface area contributed by atoms with E-state index in [1.54, 1.807) is 31.2 Å². The van der Waals surface area contributed by atoms with Gasteiger partial charge in [-0.1, -0.05) is 12.1 Å². The smallest absolute Gasteiger partial charge is 0.408 e. The van der Waals surface area contributed by atoms with Gasteiger partial charge in [-0.15, -0.1) is 0 Å². The number of carbonyl (C=O) groups is 1. The Balaban J connectivity index is 2.19. The number of fused-ring (bicyclic) bond motifs is 1. The van der Waals surface area contributed by atoms with Crippen LogP contribution in [0.15, 0.2) is 33.5 Å². The number of aromatic nitrogens is 1. The van der Waals surface area contributed by atoms with Crippen molar-refractivity contribution in [3.63, 3.8) is 0 Å². The molecule has 1 aromatic heterocycles. The van der Waals surface area contributed by atoms with Crippen LogP contribution in [-0.4, -0.2) is 28.2 Å². The minimum atomic E-state index is -0.619. The molecular weight excluding hydrogens is 236 g/mol. The van der Waals surface area contributed by atoms with Crippen LogP contribution in [0.25, 0.3) is 11.1 Å². The Labute approximate surface area is 103 Å². The van der Waals surface area contributed by atoms with Crippen LogP contribution in [-0.2, 0) is 11.3 Å². The zero-order chi connectivity index (χ0) is 13.1. The Bertz CT molecular complexity index is 612. The van der Waals surface area contributed by atoms with E-state index in [0.717, 1.165) is 0 Å². The molecule has 0 aliphatic rings. The van der Waals surface area contributed by atoms with Gasteiger partial charge in [0.25, 0.3) is 0 Å². The van der Waals surface area contributed by atoms with Crippen molar-refractivity contribution in [2.45, 2.75) is 19.6 Å². The summed E-state index contributed by atoms with van der Waals surface area (Å²) in [5, 5.41) is 11.6. The predicted octanol–water partition coefficient (Wildman–Crippen LogP) is 0.0915. The maximum atomic E-state index is 11.6. The number of aliphatic hydroxyl groups is 1. The van der Waals surface area contributed by atoms with Crippen molar-refractivity contribution >= 4 is 17.0 Å². The number of oxazole rings is 1. The van der Waals surface area contributed by atoms with Crippen molar-refractivity contribution in [1.82, 2.24) is 9.88 Å². The van der Waals surface area contributed by atoms with Crippen molar-refractivity contribution < 1.29 is 14.3 Å². The standard InChI is InChI=1S/C12H14N2O4/c1-8(15)6-13-11(16)7-14-9-4-2-3-5-10(9)18-12(14)17/h2-5,8,15H,6-7H2,1H3,(H,13,16)/t8-/m1/s1. The van der Waals surface area contributed by atoms with Gasteiger partial charge in [0.1, 0.15) is 6.54 Å². The van der Waals surface area contributed by atoms with E-state index in [2.05, 4.69) is 5.32 Å². The SMILES string of the molecule is C[C@@H](O)CNC(=O)Cn1c(=O)oc2ccccc21. The second kappa shape index (κ2) is 5.05. The average Bonchev–Trinajstić information content (AvgIpc) is 2.64. The summed E-state index contributed by atoms with van der Waals surface area (Å²) in [6.45, 7) is 1.60. The van der Waals surface area contributed by atoms with Crippen LogP contribution in [0.5, 0.6) is 0 Å². The molecule has 2 aromatic rings. The van der Waals surface area contributed by atoms with Gasteiger partial charge in [-0.05, 0) is 19.1 Å². The molecule has 1 atom stereocenters. The zero-order valence-corrected chi connectivity index (χ0v) is 9.92. The molecule has 1 amide bonds. The summed E-state index contributed by atoms with van der Waals surface area (Å²) in [5.74, 6) is -0.909. The largest absolute Gasteiger partial charge is 0.420 e. The van der Waals surface area contributed by atoms with Gasteiger partial charge in [0.2, 0.25) is 5.91 Å². The van der Waals surface area contributed by atoms with E-state index >= 15 is 0 Å². The number of aliphatic hydroxyl groups excluding tert-OH is 1. The van der Waals surface area contributed by atoms with Gasteiger partial charge in [-0.3, -0.25) is 9.36 Å². The van der Waals surface area contributed by atoms with Crippen molar-refractivity contribution in [2.24, 2.45) is 0 Å². The number of rotatable bonds is 4. The minimum absolute atomic E-state index is 0.122. The van der Waals surface area contributed by atoms with Crippen LogP contribution < -0.4 is 11.1 Å². The molecule has 2 rings (SSSR count). The van der Waals surface area contributed by atoms with Crippen LogP contribution in [0.1, 0.15) is 6.92 Å². The van der Waals surface area contributed by atoms with Crippen molar-refractivity contribution in [2.75, 3.05) is 6.54 Å². The second-order valence-corrected chi connectivity index (χ2v) is 4.07. The molecule has 0 unspecified atom stereocenters. The van der Waals surface area contributed by atoms with Gasteiger partial charge in [0.05, 0.1) is 11.6 Å². The van der Waals surface area contributed by atoms with Gasteiger partial charge >= 0.3 is 5.76 Å². The first-order chi connectivity index (χ1) is 8.58. The minimum Gasteiger partial charge on any atom is -0.408 e.